The second-order valence-electron chi connectivity index (χ2n) is 10.2. The molecule has 3 aromatic rings. The van der Waals surface area contributed by atoms with Crippen LogP contribution in [0.5, 0.6) is 0 Å². The van der Waals surface area contributed by atoms with E-state index in [4.69, 9.17) is 11.6 Å². The van der Waals surface area contributed by atoms with E-state index in [-0.39, 0.29) is 34.8 Å². The monoisotopic (exact) mass is 526 g/mol. The van der Waals surface area contributed by atoms with E-state index in [2.05, 4.69) is 25.5 Å². The van der Waals surface area contributed by atoms with Crippen molar-refractivity contribution in [2.75, 3.05) is 6.54 Å². The Morgan fingerprint density at radius 1 is 1.14 bits per heavy atom. The first kappa shape index (κ1) is 24.0. The number of nitrogens with one attached hydrogen (secondary N) is 2. The van der Waals surface area contributed by atoms with Gasteiger partial charge < -0.3 is 10.2 Å². The number of H-pyrrole nitrogens is 1. The number of piperidine rings is 1. The Labute approximate surface area is 216 Å². The first-order valence-electron chi connectivity index (χ1n) is 12.4. The lowest BCUT2D eigenvalue weighted by Gasteiger charge is -2.39. The number of likely N-dealkylation sites (tertiary alicyclic amines) is 1. The van der Waals surface area contributed by atoms with Crippen molar-refractivity contribution in [2.45, 2.75) is 56.5 Å². The first-order chi connectivity index (χ1) is 17.8. The summed E-state index contributed by atoms with van der Waals surface area (Å²) in [6, 6.07) is 4.47. The molecule has 1 saturated heterocycles. The molecule has 11 heteroatoms. The number of pyridine rings is 2. The number of amides is 2. The van der Waals surface area contributed by atoms with Gasteiger partial charge in [0.1, 0.15) is 11.5 Å². The topological polar surface area (TPSA) is 104 Å². The lowest BCUT2D eigenvalue weighted by Crippen LogP contribution is -2.50. The summed E-state index contributed by atoms with van der Waals surface area (Å²) in [5, 5.41) is 10.0. The molecule has 0 aromatic carbocycles. The summed E-state index contributed by atoms with van der Waals surface area (Å²) in [4.78, 5) is 36.2. The minimum atomic E-state index is -0.536. The lowest BCUT2D eigenvalue weighted by molar-refractivity contribution is -0.127. The molecule has 37 heavy (non-hydrogen) atoms. The molecule has 1 aliphatic heterocycles. The molecule has 0 radical (unpaired) electrons. The molecule has 192 valence electrons. The second-order valence-corrected chi connectivity index (χ2v) is 10.6. The van der Waals surface area contributed by atoms with Gasteiger partial charge in [0, 0.05) is 35.2 Å². The number of halogens is 3. The molecule has 1 spiro atoms. The standard InChI is InChI=1S/C26H25ClF2N6O2/c27-18-7-16(28)11-30-23(18)13-32-24(36)15-3-6-35(26(10-15)4-5-26)25(37)22-9-21(33-34-22)17-8-20(14-1-2-14)31-12-19(17)29/h7-9,11-12,14-15H,1-6,10,13H2,(H,32,36)(H,33,34)/t15-/m0/s1. The smallest absolute Gasteiger partial charge is 0.272 e. The molecule has 3 fully saturated rings. The van der Waals surface area contributed by atoms with E-state index in [1.54, 1.807) is 12.1 Å². The number of nitrogens with zero attached hydrogens (tertiary/aromatic N) is 4. The fourth-order valence-electron chi connectivity index (χ4n) is 5.21. The molecule has 8 nitrogen and oxygen atoms in total. The van der Waals surface area contributed by atoms with Crippen LogP contribution in [-0.2, 0) is 11.3 Å². The third-order valence-corrected chi connectivity index (χ3v) is 7.94. The van der Waals surface area contributed by atoms with E-state index in [1.807, 2.05) is 4.90 Å². The Bertz CT molecular complexity index is 1390. The minimum absolute atomic E-state index is 0.106. The van der Waals surface area contributed by atoms with Gasteiger partial charge in [-0.15, -0.1) is 0 Å². The van der Waals surface area contributed by atoms with Crippen LogP contribution < -0.4 is 5.32 Å². The van der Waals surface area contributed by atoms with Crippen LogP contribution in [-0.4, -0.2) is 49.0 Å². The zero-order valence-corrected chi connectivity index (χ0v) is 20.7. The average Bonchev–Trinajstić information content (AvgIpc) is 3.82. The van der Waals surface area contributed by atoms with Gasteiger partial charge in [-0.2, -0.15) is 5.10 Å². The van der Waals surface area contributed by atoms with Crippen LogP contribution >= 0.6 is 11.6 Å². The number of aromatic nitrogens is 4. The van der Waals surface area contributed by atoms with Crippen LogP contribution in [0.3, 0.4) is 0 Å². The van der Waals surface area contributed by atoms with E-state index in [0.29, 0.717) is 47.9 Å². The molecule has 2 saturated carbocycles. The maximum atomic E-state index is 14.5. The molecule has 2 amide bonds. The van der Waals surface area contributed by atoms with E-state index in [9.17, 15) is 18.4 Å². The zero-order chi connectivity index (χ0) is 25.7. The van der Waals surface area contributed by atoms with Gasteiger partial charge in [-0.25, -0.2) is 8.78 Å². The summed E-state index contributed by atoms with van der Waals surface area (Å²) in [5.74, 6) is -1.23. The SMILES string of the molecule is O=C(NCc1ncc(F)cc1Cl)[C@H]1CCN(C(=O)c2cc(-c3cc(C4CC4)ncc3F)n[nH]2)C2(CC2)C1. The van der Waals surface area contributed by atoms with Gasteiger partial charge in [-0.3, -0.25) is 24.7 Å². The van der Waals surface area contributed by atoms with E-state index in [0.717, 1.165) is 43.6 Å². The quantitative estimate of drug-likeness (QED) is 0.496. The predicted octanol–water partition coefficient (Wildman–Crippen LogP) is 4.38. The fourth-order valence-corrected chi connectivity index (χ4v) is 5.43. The number of hydrogen-bond donors (Lipinski definition) is 2. The van der Waals surface area contributed by atoms with Crippen molar-refractivity contribution in [1.82, 2.24) is 30.4 Å². The lowest BCUT2D eigenvalue weighted by atomic mass is 9.88. The summed E-state index contributed by atoms with van der Waals surface area (Å²) >= 11 is 6.01. The molecule has 0 unspecified atom stereocenters. The Balaban J connectivity index is 1.12. The molecular weight excluding hydrogens is 502 g/mol. The third-order valence-electron chi connectivity index (χ3n) is 7.61. The van der Waals surface area contributed by atoms with Gasteiger partial charge >= 0.3 is 0 Å². The van der Waals surface area contributed by atoms with Crippen molar-refractivity contribution < 1.29 is 18.4 Å². The number of hydrogen-bond acceptors (Lipinski definition) is 5. The molecule has 6 rings (SSSR count). The third kappa shape index (κ3) is 4.70. The van der Waals surface area contributed by atoms with Gasteiger partial charge in [-0.05, 0) is 56.7 Å². The molecule has 2 N–H and O–H groups in total. The van der Waals surface area contributed by atoms with E-state index < -0.39 is 11.6 Å². The van der Waals surface area contributed by atoms with E-state index >= 15 is 0 Å². The Morgan fingerprint density at radius 2 is 1.95 bits per heavy atom. The van der Waals surface area contributed by atoms with Gasteiger partial charge in [-0.1, -0.05) is 11.6 Å². The molecule has 0 bridgehead atoms. The minimum Gasteiger partial charge on any atom is -0.350 e. The molecular formula is C26H25ClF2N6O2. The second kappa shape index (κ2) is 9.16. The highest BCUT2D eigenvalue weighted by Crippen LogP contribution is 2.50. The Kier molecular flexibility index (Phi) is 5.94. The molecule has 3 aliphatic rings. The summed E-state index contributed by atoms with van der Waals surface area (Å²) in [6.45, 7) is 0.533. The van der Waals surface area contributed by atoms with Crippen molar-refractivity contribution in [1.29, 1.82) is 0 Å². The maximum Gasteiger partial charge on any atom is 0.272 e. The van der Waals surface area contributed by atoms with E-state index in [1.165, 1.54) is 6.20 Å². The van der Waals surface area contributed by atoms with Gasteiger partial charge in [0.2, 0.25) is 5.91 Å². The summed E-state index contributed by atoms with van der Waals surface area (Å²) in [7, 11) is 0. The van der Waals surface area contributed by atoms with Crippen molar-refractivity contribution in [3.8, 4) is 11.3 Å². The van der Waals surface area contributed by atoms with Gasteiger partial charge in [0.05, 0.1) is 35.3 Å². The van der Waals surface area contributed by atoms with Crippen LogP contribution in [0.1, 0.15) is 66.3 Å². The van der Waals surface area contributed by atoms with Crippen molar-refractivity contribution in [3.63, 3.8) is 0 Å². The summed E-state index contributed by atoms with van der Waals surface area (Å²) in [6.07, 6.45) is 7.08. The fraction of sp³-hybridized carbons (Fsp3) is 0.423. The van der Waals surface area contributed by atoms with Crippen LogP contribution in [0, 0.1) is 17.6 Å². The molecule has 2 aliphatic carbocycles. The van der Waals surface area contributed by atoms with Crippen molar-refractivity contribution in [3.05, 3.63) is 64.3 Å². The summed E-state index contributed by atoms with van der Waals surface area (Å²) < 4.78 is 27.7. The zero-order valence-electron chi connectivity index (χ0n) is 19.9. The van der Waals surface area contributed by atoms with Crippen LogP contribution in [0.2, 0.25) is 5.02 Å². The number of rotatable bonds is 6. The maximum absolute atomic E-state index is 14.5. The van der Waals surface area contributed by atoms with Gasteiger partial charge in [0.25, 0.3) is 5.91 Å². The number of aromatic amines is 1. The largest absolute Gasteiger partial charge is 0.350 e. The van der Waals surface area contributed by atoms with Crippen molar-refractivity contribution in [2.24, 2.45) is 5.92 Å². The summed E-state index contributed by atoms with van der Waals surface area (Å²) in [5.41, 5.74) is 1.88. The Morgan fingerprint density at radius 3 is 2.68 bits per heavy atom. The molecule has 3 aromatic heterocycles. The van der Waals surface area contributed by atoms with Crippen molar-refractivity contribution >= 4 is 23.4 Å². The highest BCUT2D eigenvalue weighted by atomic mass is 35.5. The first-order valence-corrected chi connectivity index (χ1v) is 12.8. The van der Waals surface area contributed by atoms with Gasteiger partial charge in [0.15, 0.2) is 5.82 Å². The number of carbonyl (C=O) groups excluding carboxylic acids is 2. The average molecular weight is 527 g/mol. The van der Waals surface area contributed by atoms with Crippen LogP contribution in [0.25, 0.3) is 11.3 Å². The normalized spacial score (nSPS) is 20.2. The molecule has 1 atom stereocenters. The number of carbonyl (C=O) groups is 2. The van der Waals surface area contributed by atoms with Crippen LogP contribution in [0.15, 0.2) is 30.6 Å². The molecule has 4 heterocycles. The Hall–Kier alpha value is -3.40. The highest BCUT2D eigenvalue weighted by molar-refractivity contribution is 6.31. The highest BCUT2D eigenvalue weighted by Gasteiger charge is 2.54. The predicted molar refractivity (Wildman–Crippen MR) is 131 cm³/mol. The van der Waals surface area contributed by atoms with Crippen LogP contribution in [0.4, 0.5) is 8.78 Å².